The monoisotopic (exact) mass is 543 g/mol. The Morgan fingerprint density at radius 2 is 1.85 bits per heavy atom. The molecule has 0 spiro atoms. The van der Waals surface area contributed by atoms with Gasteiger partial charge in [-0.2, -0.15) is 5.10 Å². The van der Waals surface area contributed by atoms with Crippen LogP contribution in [0.1, 0.15) is 16.8 Å². The number of aromatic nitrogens is 3. The molecule has 3 N–H and O–H groups in total. The number of rotatable bonds is 8. The van der Waals surface area contributed by atoms with Crippen molar-refractivity contribution in [1.82, 2.24) is 29.9 Å². The number of nitrogens with one attached hydrogen (secondary N) is 1. The van der Waals surface area contributed by atoms with Crippen molar-refractivity contribution in [2.45, 2.75) is 12.5 Å². The van der Waals surface area contributed by atoms with Crippen LogP contribution >= 0.6 is 0 Å². The molecule has 2 aromatic heterocycles. The van der Waals surface area contributed by atoms with Gasteiger partial charge in [-0.1, -0.05) is 12.1 Å². The average molecular weight is 544 g/mol. The number of nitrogens with zero attached hydrogens (tertiary/aromatic N) is 5. The fourth-order valence-electron chi connectivity index (χ4n) is 4.56. The molecule has 1 saturated heterocycles. The van der Waals surface area contributed by atoms with Crippen molar-refractivity contribution in [3.63, 3.8) is 0 Å². The number of pyridine rings is 1. The molecule has 40 heavy (non-hydrogen) atoms. The number of likely N-dealkylation sites (tertiary alicyclic amines) is 1. The van der Waals surface area contributed by atoms with Gasteiger partial charge in [0.2, 0.25) is 0 Å². The van der Waals surface area contributed by atoms with Crippen LogP contribution in [0.15, 0.2) is 61.1 Å². The van der Waals surface area contributed by atoms with Crippen LogP contribution in [-0.4, -0.2) is 82.9 Å². The highest BCUT2D eigenvalue weighted by Crippen LogP contribution is 2.26. The zero-order valence-corrected chi connectivity index (χ0v) is 22.8. The summed E-state index contributed by atoms with van der Waals surface area (Å²) in [6, 6.07) is 12.8. The van der Waals surface area contributed by atoms with Crippen LogP contribution in [0.25, 0.3) is 21.9 Å². The Kier molecular flexibility index (Phi) is 7.83. The highest BCUT2D eigenvalue weighted by Gasteiger charge is 2.29. The summed E-state index contributed by atoms with van der Waals surface area (Å²) >= 11 is 0. The van der Waals surface area contributed by atoms with Crippen molar-refractivity contribution in [2.24, 2.45) is 7.05 Å². The fraction of sp³-hybridized carbons (Fsp3) is 0.310. The Labute approximate surface area is 232 Å². The summed E-state index contributed by atoms with van der Waals surface area (Å²) in [4.78, 5) is 33.8. The van der Waals surface area contributed by atoms with Crippen LogP contribution < -0.4 is 20.5 Å². The van der Waals surface area contributed by atoms with Gasteiger partial charge in [-0.05, 0) is 61.6 Å². The Morgan fingerprint density at radius 3 is 2.60 bits per heavy atom. The number of fused-ring (bicyclic) bond motifs is 1. The number of nitrogen functional groups attached to an aromatic ring is 1. The number of aryl methyl sites for hydroxylation is 1. The molecule has 2 amide bonds. The van der Waals surface area contributed by atoms with Gasteiger partial charge in [0.05, 0.1) is 11.8 Å². The van der Waals surface area contributed by atoms with E-state index in [1.165, 1.54) is 0 Å². The number of carbonyl (C=O) groups is 2. The van der Waals surface area contributed by atoms with Gasteiger partial charge in [0.1, 0.15) is 23.9 Å². The SMILES string of the molecule is CN(C)CCOc1ccc2ccc(OC(=O)N3CC[C@@H](NC(=O)c4cc(-c5cnn(C)c5)cnc4N)C3)cc2c1. The van der Waals surface area contributed by atoms with E-state index in [0.29, 0.717) is 31.9 Å². The van der Waals surface area contributed by atoms with Crippen molar-refractivity contribution in [3.05, 3.63) is 66.6 Å². The predicted molar refractivity (Wildman–Crippen MR) is 152 cm³/mol. The summed E-state index contributed by atoms with van der Waals surface area (Å²) in [5, 5.41) is 9.07. The van der Waals surface area contributed by atoms with Crippen LogP contribution in [0.4, 0.5) is 10.6 Å². The normalized spacial score (nSPS) is 15.0. The zero-order valence-electron chi connectivity index (χ0n) is 22.8. The first-order valence-corrected chi connectivity index (χ1v) is 13.1. The predicted octanol–water partition coefficient (Wildman–Crippen LogP) is 3.16. The molecule has 0 radical (unpaired) electrons. The van der Waals surface area contributed by atoms with Crippen molar-refractivity contribution < 1.29 is 19.1 Å². The average Bonchev–Trinajstić information content (AvgIpc) is 3.57. The highest BCUT2D eigenvalue weighted by atomic mass is 16.6. The topological polar surface area (TPSA) is 128 Å². The lowest BCUT2D eigenvalue weighted by Crippen LogP contribution is -2.39. The number of carbonyl (C=O) groups excluding carboxylic acids is 2. The molecule has 0 unspecified atom stereocenters. The molecule has 1 aliphatic heterocycles. The zero-order chi connectivity index (χ0) is 28.2. The van der Waals surface area contributed by atoms with Crippen molar-refractivity contribution >= 4 is 28.6 Å². The lowest BCUT2D eigenvalue weighted by atomic mass is 10.1. The van der Waals surface area contributed by atoms with Gasteiger partial charge in [0, 0.05) is 56.2 Å². The summed E-state index contributed by atoms with van der Waals surface area (Å²) in [6.45, 7) is 2.19. The van der Waals surface area contributed by atoms with Gasteiger partial charge in [0.25, 0.3) is 5.91 Å². The number of hydrogen-bond acceptors (Lipinski definition) is 8. The number of anilines is 1. The standard InChI is InChI=1S/C29H33N7O4/c1-34(2)10-11-39-24-6-4-19-5-7-25(13-20(19)12-24)40-29(38)36-9-8-23(18-36)33-28(37)26-14-21(15-31-27(26)30)22-16-32-35(3)17-22/h4-7,12-17,23H,8-11,18H2,1-3H3,(H2,30,31)(H,33,37)/t23-/m1/s1. The minimum Gasteiger partial charge on any atom is -0.492 e. The first kappa shape index (κ1) is 26.9. The first-order valence-electron chi connectivity index (χ1n) is 13.1. The summed E-state index contributed by atoms with van der Waals surface area (Å²) in [5.41, 5.74) is 7.86. The molecule has 11 heteroatoms. The molecule has 0 bridgehead atoms. The van der Waals surface area contributed by atoms with E-state index in [4.69, 9.17) is 15.2 Å². The lowest BCUT2D eigenvalue weighted by Gasteiger charge is -2.17. The number of ether oxygens (including phenoxy) is 2. The van der Waals surface area contributed by atoms with Gasteiger partial charge in [-0.15, -0.1) is 0 Å². The minimum atomic E-state index is -0.464. The lowest BCUT2D eigenvalue weighted by molar-refractivity contribution is 0.0937. The smallest absolute Gasteiger partial charge is 0.415 e. The number of amides is 2. The van der Waals surface area contributed by atoms with Crippen molar-refractivity contribution in [1.29, 1.82) is 0 Å². The third-order valence-corrected chi connectivity index (χ3v) is 6.78. The van der Waals surface area contributed by atoms with Crippen molar-refractivity contribution in [3.8, 4) is 22.6 Å². The molecule has 1 aliphatic rings. The maximum absolute atomic E-state index is 13.0. The summed E-state index contributed by atoms with van der Waals surface area (Å²) in [5.74, 6) is 1.01. The third-order valence-electron chi connectivity index (χ3n) is 6.78. The molecule has 5 rings (SSSR count). The fourth-order valence-corrected chi connectivity index (χ4v) is 4.56. The number of nitrogens with two attached hydrogens (primary N) is 1. The van der Waals surface area contributed by atoms with E-state index in [1.807, 2.05) is 57.7 Å². The van der Waals surface area contributed by atoms with Gasteiger partial charge in [0.15, 0.2) is 0 Å². The molecule has 1 fully saturated rings. The number of likely N-dealkylation sites (N-methyl/N-ethyl adjacent to an activating group) is 1. The molecule has 3 heterocycles. The van der Waals surface area contributed by atoms with Crippen LogP contribution in [0.3, 0.4) is 0 Å². The second-order valence-corrected chi connectivity index (χ2v) is 10.2. The van der Waals surface area contributed by atoms with E-state index in [9.17, 15) is 9.59 Å². The van der Waals surface area contributed by atoms with E-state index in [0.717, 1.165) is 34.2 Å². The maximum atomic E-state index is 13.0. The van der Waals surface area contributed by atoms with Gasteiger partial charge in [-0.25, -0.2) is 9.78 Å². The van der Waals surface area contributed by atoms with E-state index in [-0.39, 0.29) is 23.3 Å². The third kappa shape index (κ3) is 6.32. The molecule has 11 nitrogen and oxygen atoms in total. The largest absolute Gasteiger partial charge is 0.492 e. The van der Waals surface area contributed by atoms with E-state index >= 15 is 0 Å². The van der Waals surface area contributed by atoms with E-state index in [2.05, 4.69) is 20.3 Å². The Morgan fingerprint density at radius 1 is 1.07 bits per heavy atom. The number of benzene rings is 2. The molecule has 4 aromatic rings. The van der Waals surface area contributed by atoms with Crippen LogP contribution in [0.2, 0.25) is 0 Å². The molecule has 0 aliphatic carbocycles. The van der Waals surface area contributed by atoms with Crippen molar-refractivity contribution in [2.75, 3.05) is 46.1 Å². The first-order chi connectivity index (χ1) is 19.2. The second kappa shape index (κ2) is 11.6. The molecule has 0 saturated carbocycles. The highest BCUT2D eigenvalue weighted by molar-refractivity contribution is 5.99. The molecular formula is C29H33N7O4. The molecule has 208 valence electrons. The molecular weight excluding hydrogens is 510 g/mol. The summed E-state index contributed by atoms with van der Waals surface area (Å²) in [6.07, 6.45) is 5.28. The van der Waals surface area contributed by atoms with E-state index < -0.39 is 6.09 Å². The van der Waals surface area contributed by atoms with Crippen LogP contribution in [0.5, 0.6) is 11.5 Å². The Hall–Kier alpha value is -4.64. The second-order valence-electron chi connectivity index (χ2n) is 10.2. The number of hydrogen-bond donors (Lipinski definition) is 2. The maximum Gasteiger partial charge on any atom is 0.415 e. The summed E-state index contributed by atoms with van der Waals surface area (Å²) < 4.78 is 13.2. The summed E-state index contributed by atoms with van der Waals surface area (Å²) in [7, 11) is 5.81. The quantitative estimate of drug-likeness (QED) is 0.347. The Balaban J connectivity index is 1.18. The van der Waals surface area contributed by atoms with Crippen LogP contribution in [-0.2, 0) is 7.05 Å². The van der Waals surface area contributed by atoms with Crippen LogP contribution in [0, 0.1) is 0 Å². The van der Waals surface area contributed by atoms with Gasteiger partial charge < -0.3 is 30.3 Å². The van der Waals surface area contributed by atoms with Gasteiger partial charge in [-0.3, -0.25) is 9.48 Å². The Bertz CT molecular complexity index is 1530. The molecule has 1 atom stereocenters. The molecule has 2 aromatic carbocycles. The minimum absolute atomic E-state index is 0.141. The van der Waals surface area contributed by atoms with E-state index in [1.54, 1.807) is 34.1 Å². The van der Waals surface area contributed by atoms with Gasteiger partial charge >= 0.3 is 6.09 Å².